The van der Waals surface area contributed by atoms with Crippen LogP contribution in [0.2, 0.25) is 0 Å². The van der Waals surface area contributed by atoms with Crippen LogP contribution in [-0.2, 0) is 4.74 Å². The van der Waals surface area contributed by atoms with Crippen LogP contribution in [0.25, 0.3) is 0 Å². The van der Waals surface area contributed by atoms with Gasteiger partial charge in [-0.1, -0.05) is 19.1 Å². The molecule has 2 atom stereocenters. The number of piperazine rings is 1. The predicted octanol–water partition coefficient (Wildman–Crippen LogP) is 4.63. The molecule has 4 rings (SSSR count). The van der Waals surface area contributed by atoms with E-state index in [9.17, 15) is 13.2 Å². The van der Waals surface area contributed by atoms with E-state index in [-0.39, 0.29) is 23.6 Å². The minimum absolute atomic E-state index is 0.0462. The van der Waals surface area contributed by atoms with Gasteiger partial charge in [0.15, 0.2) is 5.88 Å². The van der Waals surface area contributed by atoms with Gasteiger partial charge in [-0.05, 0) is 57.4 Å². The Labute approximate surface area is 239 Å². The lowest BCUT2D eigenvalue weighted by Gasteiger charge is -2.48. The number of hydrogen-bond acceptors (Lipinski definition) is 9. The minimum Gasteiger partial charge on any atom is -0.422 e. The van der Waals surface area contributed by atoms with Gasteiger partial charge in [0.25, 0.3) is 0 Å². The number of aliphatic imine (C=N–C) groups is 1. The largest absolute Gasteiger partial charge is 0.573 e. The third kappa shape index (κ3) is 7.68. The third-order valence-corrected chi connectivity index (χ3v) is 7.98. The molecule has 2 N–H and O–H groups in total. The van der Waals surface area contributed by atoms with Gasteiger partial charge < -0.3 is 20.1 Å². The number of piperidine rings is 1. The Balaban J connectivity index is 1.34. The van der Waals surface area contributed by atoms with Gasteiger partial charge in [0.1, 0.15) is 17.3 Å². The van der Waals surface area contributed by atoms with Crippen LogP contribution in [0.1, 0.15) is 56.1 Å². The van der Waals surface area contributed by atoms with E-state index >= 15 is 0 Å². The molecule has 224 valence electrons. The topological polar surface area (TPSA) is 92.3 Å². The molecule has 41 heavy (non-hydrogen) atoms. The van der Waals surface area contributed by atoms with Gasteiger partial charge >= 0.3 is 6.36 Å². The summed E-state index contributed by atoms with van der Waals surface area (Å²) in [4.78, 5) is 20.9. The molecule has 3 heterocycles. The normalized spacial score (nSPS) is 20.6. The van der Waals surface area contributed by atoms with Crippen molar-refractivity contribution in [3.05, 3.63) is 59.9 Å². The zero-order valence-corrected chi connectivity index (χ0v) is 24.2. The Morgan fingerprint density at radius 3 is 2.41 bits per heavy atom. The van der Waals surface area contributed by atoms with Gasteiger partial charge in [-0.25, -0.2) is 9.97 Å². The molecule has 1 aromatic heterocycles. The lowest BCUT2D eigenvalue weighted by atomic mass is 9.96. The number of anilines is 1. The van der Waals surface area contributed by atoms with Gasteiger partial charge in [0.2, 0.25) is 5.90 Å². The van der Waals surface area contributed by atoms with E-state index < -0.39 is 6.36 Å². The van der Waals surface area contributed by atoms with Crippen molar-refractivity contribution in [3.63, 3.8) is 0 Å². The zero-order valence-electron chi connectivity index (χ0n) is 24.2. The van der Waals surface area contributed by atoms with Crippen molar-refractivity contribution in [3.8, 4) is 5.75 Å². The lowest BCUT2D eigenvalue weighted by Crippen LogP contribution is -2.58. The number of nitrogens with two attached hydrogens (primary N) is 1. The van der Waals surface area contributed by atoms with Gasteiger partial charge in [-0.2, -0.15) is 0 Å². The number of alkyl halides is 3. The summed E-state index contributed by atoms with van der Waals surface area (Å²) in [5.41, 5.74) is 7.87. The molecule has 0 saturated carbocycles. The van der Waals surface area contributed by atoms with E-state index in [0.717, 1.165) is 69.1 Å². The number of halogens is 3. The summed E-state index contributed by atoms with van der Waals surface area (Å²) in [5.74, 6) is 0.999. The van der Waals surface area contributed by atoms with Crippen LogP contribution in [0, 0.1) is 6.92 Å². The van der Waals surface area contributed by atoms with Crippen LogP contribution in [0.5, 0.6) is 5.75 Å². The number of hydrogen-bond donors (Lipinski definition) is 1. The molecule has 2 unspecified atom stereocenters. The summed E-state index contributed by atoms with van der Waals surface area (Å²) in [6.07, 6.45) is 0.111. The monoisotopic (exact) mass is 575 g/mol. The predicted molar refractivity (Wildman–Crippen MR) is 153 cm³/mol. The van der Waals surface area contributed by atoms with Crippen LogP contribution in [0.15, 0.2) is 47.9 Å². The summed E-state index contributed by atoms with van der Waals surface area (Å²) < 4.78 is 46.9. The SMILES string of the molecule is C=C(N)OC(=NC)c1cnc(N2CCN(C3CCN(C(C)c4ccc(OC(F)(F)F)cc4)CC3)C(CC)C2)c(C)n1. The first-order chi connectivity index (χ1) is 19.5. The number of aromatic nitrogens is 2. The molecule has 0 aliphatic carbocycles. The van der Waals surface area contributed by atoms with Crippen molar-refractivity contribution in [2.45, 2.75) is 64.5 Å². The van der Waals surface area contributed by atoms with Crippen molar-refractivity contribution in [1.29, 1.82) is 0 Å². The first-order valence-corrected chi connectivity index (χ1v) is 14.0. The number of ether oxygens (including phenoxy) is 2. The third-order valence-electron chi connectivity index (χ3n) is 7.98. The zero-order chi connectivity index (χ0) is 29.7. The van der Waals surface area contributed by atoms with E-state index in [0.29, 0.717) is 17.8 Å². The molecule has 1 aromatic carbocycles. The molecule has 2 aromatic rings. The van der Waals surface area contributed by atoms with Gasteiger partial charge in [0.05, 0.1) is 11.9 Å². The van der Waals surface area contributed by atoms with E-state index in [1.165, 1.54) is 12.1 Å². The fourth-order valence-corrected chi connectivity index (χ4v) is 5.90. The Morgan fingerprint density at radius 1 is 1.17 bits per heavy atom. The van der Waals surface area contributed by atoms with Crippen molar-refractivity contribution in [2.75, 3.05) is 44.7 Å². The molecule has 0 bridgehead atoms. The Bertz CT molecular complexity index is 1210. The highest BCUT2D eigenvalue weighted by Gasteiger charge is 2.35. The van der Waals surface area contributed by atoms with Crippen LogP contribution in [-0.4, -0.2) is 83.9 Å². The molecule has 0 radical (unpaired) electrons. The average molecular weight is 576 g/mol. The highest BCUT2D eigenvalue weighted by molar-refractivity contribution is 5.92. The molecule has 2 fully saturated rings. The second-order valence-corrected chi connectivity index (χ2v) is 10.6. The summed E-state index contributed by atoms with van der Waals surface area (Å²) in [5, 5.41) is 0. The fraction of sp³-hybridized carbons (Fsp3) is 0.552. The summed E-state index contributed by atoms with van der Waals surface area (Å²) in [6.45, 7) is 14.4. The smallest absolute Gasteiger partial charge is 0.422 e. The molecule has 2 saturated heterocycles. The molecule has 12 heteroatoms. The second-order valence-electron chi connectivity index (χ2n) is 10.6. The number of benzene rings is 1. The molecular formula is C29H40F3N7O2. The second kappa shape index (κ2) is 13.1. The minimum atomic E-state index is -4.68. The summed E-state index contributed by atoms with van der Waals surface area (Å²) in [7, 11) is 1.60. The molecule has 9 nitrogen and oxygen atoms in total. The standard InChI is InChI=1S/C29H40F3N7O2/c1-6-23-18-38(27-19(2)36-26(17-35-27)28(34-5)40-21(4)33)15-16-39(23)24-11-13-37(14-12-24)20(3)22-7-9-25(10-8-22)41-29(30,31)32/h7-10,17,20,23-24H,4,6,11-16,18,33H2,1-3,5H3. The van der Waals surface area contributed by atoms with E-state index in [1.54, 1.807) is 25.4 Å². The quantitative estimate of drug-likeness (QED) is 0.277. The van der Waals surface area contributed by atoms with Crippen molar-refractivity contribution in [1.82, 2.24) is 19.8 Å². The molecule has 0 spiro atoms. The molecule has 2 aliphatic heterocycles. The molecule has 2 aliphatic rings. The van der Waals surface area contributed by atoms with Crippen LogP contribution in [0.3, 0.4) is 0 Å². The average Bonchev–Trinajstić information content (AvgIpc) is 2.94. The van der Waals surface area contributed by atoms with Crippen LogP contribution in [0.4, 0.5) is 19.0 Å². The molecule has 0 amide bonds. The van der Waals surface area contributed by atoms with E-state index in [4.69, 9.17) is 15.5 Å². The number of likely N-dealkylation sites (tertiary alicyclic amines) is 1. The van der Waals surface area contributed by atoms with Crippen LogP contribution >= 0.6 is 0 Å². The summed E-state index contributed by atoms with van der Waals surface area (Å²) >= 11 is 0. The number of aryl methyl sites for hydroxylation is 1. The number of nitrogens with zero attached hydrogens (tertiary/aromatic N) is 6. The number of rotatable bonds is 8. The Morgan fingerprint density at radius 2 is 1.85 bits per heavy atom. The van der Waals surface area contributed by atoms with Crippen molar-refractivity contribution in [2.24, 2.45) is 10.7 Å². The maximum atomic E-state index is 12.5. The van der Waals surface area contributed by atoms with E-state index in [2.05, 4.69) is 49.8 Å². The fourth-order valence-electron chi connectivity index (χ4n) is 5.90. The lowest BCUT2D eigenvalue weighted by molar-refractivity contribution is -0.274. The maximum absolute atomic E-state index is 12.5. The highest BCUT2D eigenvalue weighted by atomic mass is 19.4. The highest BCUT2D eigenvalue weighted by Crippen LogP contribution is 2.31. The maximum Gasteiger partial charge on any atom is 0.573 e. The van der Waals surface area contributed by atoms with Gasteiger partial charge in [-0.3, -0.25) is 14.8 Å². The summed E-state index contributed by atoms with van der Waals surface area (Å²) in [6, 6.07) is 7.23. The van der Waals surface area contributed by atoms with Crippen molar-refractivity contribution < 1.29 is 22.6 Å². The van der Waals surface area contributed by atoms with Gasteiger partial charge in [0, 0.05) is 57.9 Å². The Hall–Kier alpha value is -3.38. The Kier molecular flexibility index (Phi) is 9.75. The first-order valence-electron chi connectivity index (χ1n) is 14.0. The van der Waals surface area contributed by atoms with Crippen LogP contribution < -0.4 is 15.4 Å². The van der Waals surface area contributed by atoms with E-state index in [1.807, 2.05) is 6.92 Å². The molecular weight excluding hydrogens is 535 g/mol. The first kappa shape index (κ1) is 30.6. The van der Waals surface area contributed by atoms with Crippen molar-refractivity contribution >= 4 is 11.7 Å². The van der Waals surface area contributed by atoms with Gasteiger partial charge in [-0.15, -0.1) is 13.2 Å².